The normalized spacial score (nSPS) is 13.2. The molecule has 0 spiro atoms. The average Bonchev–Trinajstić information content (AvgIpc) is 3.31. The molecule has 1 fully saturated rings. The predicted molar refractivity (Wildman–Crippen MR) is 114 cm³/mol. The van der Waals surface area contributed by atoms with Gasteiger partial charge in [-0.3, -0.25) is 0 Å². The number of carboxylic acids is 1. The van der Waals surface area contributed by atoms with Crippen LogP contribution in [0.4, 0.5) is 10.1 Å². The van der Waals surface area contributed by atoms with Crippen LogP contribution in [0.5, 0.6) is 0 Å². The summed E-state index contributed by atoms with van der Waals surface area (Å²) < 4.78 is 16.9. The van der Waals surface area contributed by atoms with Gasteiger partial charge in [0.1, 0.15) is 5.82 Å². The van der Waals surface area contributed by atoms with Crippen molar-refractivity contribution in [2.24, 2.45) is 5.92 Å². The van der Waals surface area contributed by atoms with E-state index in [4.69, 9.17) is 5.11 Å². The Kier molecular flexibility index (Phi) is 4.76. The van der Waals surface area contributed by atoms with Crippen LogP contribution in [0, 0.1) is 11.7 Å². The third-order valence-electron chi connectivity index (χ3n) is 5.48. The zero-order valence-electron chi connectivity index (χ0n) is 16.7. The number of H-pyrrole nitrogens is 1. The number of hydrogen-bond donors (Lipinski definition) is 3. The molecule has 1 saturated carbocycles. The minimum Gasteiger partial charge on any atom is -0.476 e. The molecule has 0 unspecified atom stereocenters. The van der Waals surface area contributed by atoms with Crippen LogP contribution in [-0.4, -0.2) is 42.2 Å². The van der Waals surface area contributed by atoms with Crippen LogP contribution in [-0.2, 0) is 16.1 Å². The van der Waals surface area contributed by atoms with Gasteiger partial charge in [-0.1, -0.05) is 12.1 Å². The van der Waals surface area contributed by atoms with Crippen LogP contribution in [0.1, 0.15) is 12.8 Å². The van der Waals surface area contributed by atoms with E-state index in [0.29, 0.717) is 11.6 Å². The summed E-state index contributed by atoms with van der Waals surface area (Å²) >= 11 is 0. The first-order valence-electron chi connectivity index (χ1n) is 9.96. The Morgan fingerprint density at radius 2 is 2.03 bits per heavy atom. The van der Waals surface area contributed by atoms with Crippen LogP contribution in [0.2, 0.25) is 0 Å². The smallest absolute Gasteiger partial charge is 0.364 e. The summed E-state index contributed by atoms with van der Waals surface area (Å²) in [6.07, 6.45) is 2.30. The lowest BCUT2D eigenvalue weighted by Gasteiger charge is -2.12. The van der Waals surface area contributed by atoms with Crippen molar-refractivity contribution >= 4 is 28.5 Å². The van der Waals surface area contributed by atoms with Gasteiger partial charge >= 0.3 is 5.97 Å². The van der Waals surface area contributed by atoms with E-state index in [2.05, 4.69) is 30.5 Å². The lowest BCUT2D eigenvalue weighted by molar-refractivity contribution is -0.132. The molecule has 10 heteroatoms. The minimum absolute atomic E-state index is 0.193. The molecule has 2 aromatic carbocycles. The molecular weight excluding hydrogens is 415 g/mol. The van der Waals surface area contributed by atoms with E-state index in [9.17, 15) is 14.0 Å². The van der Waals surface area contributed by atoms with E-state index < -0.39 is 17.5 Å². The molecule has 0 atom stereocenters. The van der Waals surface area contributed by atoms with Crippen molar-refractivity contribution in [2.75, 3.05) is 5.32 Å². The first-order valence-corrected chi connectivity index (χ1v) is 9.96. The van der Waals surface area contributed by atoms with Crippen molar-refractivity contribution in [3.8, 4) is 22.6 Å². The van der Waals surface area contributed by atoms with Gasteiger partial charge in [-0.2, -0.15) is 5.21 Å². The summed E-state index contributed by atoms with van der Waals surface area (Å²) in [5.41, 5.74) is 2.81. The van der Waals surface area contributed by atoms with Crippen molar-refractivity contribution in [1.29, 1.82) is 0 Å². The third-order valence-corrected chi connectivity index (χ3v) is 5.48. The molecule has 0 saturated heterocycles. The number of carbonyl (C=O) groups is 1. The van der Waals surface area contributed by atoms with E-state index in [-0.39, 0.29) is 11.4 Å². The number of tetrazole rings is 1. The molecule has 9 nitrogen and oxygen atoms in total. The second-order valence-electron chi connectivity index (χ2n) is 7.69. The zero-order chi connectivity index (χ0) is 22.2. The SMILES string of the molecule is O=C=C(Nc1ccc(-c2cc3cc(F)c(-c4nn[nH]n4)cc3n2CC2CC2)cc1)C(=O)O. The Morgan fingerprint density at radius 1 is 1.25 bits per heavy atom. The zero-order valence-corrected chi connectivity index (χ0v) is 16.7. The number of aromatic nitrogens is 5. The molecular formula is C22H17FN6O3. The molecule has 0 bridgehead atoms. The summed E-state index contributed by atoms with van der Waals surface area (Å²) in [6.45, 7) is 0.799. The molecule has 3 N–H and O–H groups in total. The van der Waals surface area contributed by atoms with Crippen molar-refractivity contribution in [1.82, 2.24) is 25.2 Å². The number of fused-ring (bicyclic) bond motifs is 1. The Morgan fingerprint density at radius 3 is 2.66 bits per heavy atom. The number of aromatic amines is 1. The van der Waals surface area contributed by atoms with Crippen molar-refractivity contribution < 1.29 is 19.1 Å². The van der Waals surface area contributed by atoms with Crippen molar-refractivity contribution in [3.05, 3.63) is 54.0 Å². The van der Waals surface area contributed by atoms with Crippen molar-refractivity contribution in [3.63, 3.8) is 0 Å². The van der Waals surface area contributed by atoms with Crippen LogP contribution in [0.3, 0.4) is 0 Å². The van der Waals surface area contributed by atoms with E-state index in [0.717, 1.165) is 41.5 Å². The van der Waals surface area contributed by atoms with Gasteiger partial charge in [0.2, 0.25) is 11.5 Å². The summed E-state index contributed by atoms with van der Waals surface area (Å²) in [4.78, 5) is 21.8. The number of nitrogens with zero attached hydrogens (tertiary/aromatic N) is 4. The first-order chi connectivity index (χ1) is 15.5. The number of anilines is 1. The molecule has 1 aliphatic carbocycles. The Bertz CT molecular complexity index is 1370. The monoisotopic (exact) mass is 432 g/mol. The molecule has 160 valence electrons. The fourth-order valence-electron chi connectivity index (χ4n) is 3.71. The van der Waals surface area contributed by atoms with Crippen LogP contribution in [0.15, 0.2) is 48.2 Å². The Balaban J connectivity index is 1.57. The Hall–Kier alpha value is -4.30. The molecule has 2 aromatic heterocycles. The maximum Gasteiger partial charge on any atom is 0.364 e. The fraction of sp³-hybridized carbons (Fsp3) is 0.182. The molecule has 32 heavy (non-hydrogen) atoms. The van der Waals surface area contributed by atoms with Crippen LogP contribution >= 0.6 is 0 Å². The summed E-state index contributed by atoms with van der Waals surface area (Å²) in [5.74, 6) is 0.319. The Labute approximate surface area is 180 Å². The number of hydrogen-bond acceptors (Lipinski definition) is 6. The fourth-order valence-corrected chi connectivity index (χ4v) is 3.71. The number of aliphatic carboxylic acids is 1. The van der Waals surface area contributed by atoms with Gasteiger partial charge in [-0.05, 0) is 59.9 Å². The van der Waals surface area contributed by atoms with E-state index in [1.165, 1.54) is 12.0 Å². The lowest BCUT2D eigenvalue weighted by atomic mass is 10.1. The maximum absolute atomic E-state index is 14.8. The van der Waals surface area contributed by atoms with Gasteiger partial charge in [-0.25, -0.2) is 14.0 Å². The minimum atomic E-state index is -1.38. The number of carboxylic acid groups (broad SMARTS) is 1. The summed E-state index contributed by atoms with van der Waals surface area (Å²) in [5, 5.41) is 25.9. The molecule has 1 aliphatic rings. The lowest BCUT2D eigenvalue weighted by Crippen LogP contribution is -2.10. The second kappa shape index (κ2) is 7.75. The van der Waals surface area contributed by atoms with Gasteiger partial charge in [0.25, 0.3) is 0 Å². The number of halogens is 1. The van der Waals surface area contributed by atoms with Gasteiger partial charge in [-0.15, -0.1) is 10.2 Å². The quantitative estimate of drug-likeness (QED) is 0.302. The van der Waals surface area contributed by atoms with Gasteiger partial charge in [0.15, 0.2) is 5.94 Å². The number of nitrogens with one attached hydrogen (secondary N) is 2. The first kappa shape index (κ1) is 19.7. The second-order valence-corrected chi connectivity index (χ2v) is 7.69. The number of carbonyl (C=O) groups excluding carboxylic acids is 1. The molecule has 0 amide bonds. The average molecular weight is 432 g/mol. The van der Waals surface area contributed by atoms with E-state index in [1.54, 1.807) is 18.2 Å². The molecule has 5 rings (SSSR count). The van der Waals surface area contributed by atoms with Crippen LogP contribution < -0.4 is 5.32 Å². The van der Waals surface area contributed by atoms with Gasteiger partial charge in [0, 0.05) is 28.8 Å². The highest BCUT2D eigenvalue weighted by atomic mass is 19.1. The third kappa shape index (κ3) is 3.63. The largest absolute Gasteiger partial charge is 0.476 e. The highest BCUT2D eigenvalue weighted by molar-refractivity contribution is 5.98. The predicted octanol–water partition coefficient (Wildman–Crippen LogP) is 3.25. The highest BCUT2D eigenvalue weighted by Crippen LogP contribution is 2.37. The van der Waals surface area contributed by atoms with Gasteiger partial charge < -0.3 is 15.0 Å². The number of rotatable bonds is 7. The summed E-state index contributed by atoms with van der Waals surface area (Å²) in [7, 11) is 0. The topological polar surface area (TPSA) is 126 Å². The molecule has 0 radical (unpaired) electrons. The molecule has 0 aliphatic heterocycles. The molecule has 2 heterocycles. The van der Waals surface area contributed by atoms with E-state index in [1.807, 2.05) is 18.2 Å². The van der Waals surface area contributed by atoms with Gasteiger partial charge in [0.05, 0.1) is 5.56 Å². The summed E-state index contributed by atoms with van der Waals surface area (Å²) in [6, 6.07) is 12.1. The number of benzene rings is 2. The highest BCUT2D eigenvalue weighted by Gasteiger charge is 2.25. The standard InChI is InChI=1S/C22H17FN6O3/c23-17-7-14-8-19(13-3-5-15(6-4-13)24-18(11-30)22(31)32)29(10-12-1-2-12)20(14)9-16(17)21-25-27-28-26-21/h3-9,12,24H,1-2,10H2,(H,31,32)(H,25,26,27,28). The van der Waals surface area contributed by atoms with Crippen molar-refractivity contribution in [2.45, 2.75) is 19.4 Å². The van der Waals surface area contributed by atoms with Crippen LogP contribution in [0.25, 0.3) is 33.5 Å². The van der Waals surface area contributed by atoms with E-state index >= 15 is 0 Å². The maximum atomic E-state index is 14.8. The molecule has 4 aromatic rings.